The van der Waals surface area contributed by atoms with Gasteiger partial charge in [-0.1, -0.05) is 54.1 Å². The summed E-state index contributed by atoms with van der Waals surface area (Å²) >= 11 is 6.18. The third-order valence-electron chi connectivity index (χ3n) is 4.48. The van der Waals surface area contributed by atoms with E-state index in [1.807, 2.05) is 0 Å². The molecule has 0 aromatic heterocycles. The molecular formula is C22H18ClF3N2O3S. The first-order valence-corrected chi connectivity index (χ1v) is 11.2. The standard InChI is InChI=1S/C22H18ClF3N2O3S/c23-19-11-4-5-12-20(19)28(32(30,31)18-9-2-1-3-10-18)15-21(29)27-14-16-7-6-8-17(13-16)22(24,25)26/h1-13H,14-15H2,(H,27,29). The molecule has 5 nitrogen and oxygen atoms in total. The van der Waals surface area contributed by atoms with Crippen molar-refractivity contribution in [3.8, 4) is 0 Å². The van der Waals surface area contributed by atoms with Crippen LogP contribution in [0, 0.1) is 0 Å². The number of anilines is 1. The highest BCUT2D eigenvalue weighted by atomic mass is 35.5. The molecule has 3 aromatic carbocycles. The molecule has 1 N–H and O–H groups in total. The Balaban J connectivity index is 1.83. The molecule has 0 radical (unpaired) electrons. The van der Waals surface area contributed by atoms with E-state index in [2.05, 4.69) is 5.32 Å². The number of para-hydroxylation sites is 1. The Labute approximate surface area is 188 Å². The molecule has 0 heterocycles. The van der Waals surface area contributed by atoms with Gasteiger partial charge < -0.3 is 5.32 Å². The van der Waals surface area contributed by atoms with Gasteiger partial charge in [0.25, 0.3) is 10.0 Å². The Morgan fingerprint density at radius 2 is 1.59 bits per heavy atom. The second-order valence-corrected chi connectivity index (χ2v) is 9.02. The van der Waals surface area contributed by atoms with Crippen LogP contribution in [-0.2, 0) is 27.5 Å². The summed E-state index contributed by atoms with van der Waals surface area (Å²) in [5.74, 6) is -0.707. The lowest BCUT2D eigenvalue weighted by Gasteiger charge is -2.25. The molecule has 0 bridgehead atoms. The normalized spacial score (nSPS) is 11.8. The molecule has 0 aliphatic rings. The van der Waals surface area contributed by atoms with E-state index in [-0.39, 0.29) is 27.7 Å². The summed E-state index contributed by atoms with van der Waals surface area (Å²) in [5.41, 5.74) is -0.510. The van der Waals surface area contributed by atoms with Crippen LogP contribution in [0.3, 0.4) is 0 Å². The largest absolute Gasteiger partial charge is 0.416 e. The van der Waals surface area contributed by atoms with Crippen molar-refractivity contribution in [1.29, 1.82) is 0 Å². The highest BCUT2D eigenvalue weighted by Crippen LogP contribution is 2.31. The highest BCUT2D eigenvalue weighted by Gasteiger charge is 2.31. The molecular weight excluding hydrogens is 465 g/mol. The second kappa shape index (κ2) is 9.62. The van der Waals surface area contributed by atoms with Gasteiger partial charge in [0.15, 0.2) is 0 Å². The van der Waals surface area contributed by atoms with Crippen LogP contribution in [0.5, 0.6) is 0 Å². The number of halogens is 4. The topological polar surface area (TPSA) is 66.5 Å². The van der Waals surface area contributed by atoms with Crippen molar-refractivity contribution in [3.63, 3.8) is 0 Å². The van der Waals surface area contributed by atoms with E-state index in [4.69, 9.17) is 11.6 Å². The maximum atomic E-state index is 13.2. The minimum absolute atomic E-state index is 0.0365. The number of nitrogens with zero attached hydrogens (tertiary/aromatic N) is 1. The SMILES string of the molecule is O=C(CN(c1ccccc1Cl)S(=O)(=O)c1ccccc1)NCc1cccc(C(F)(F)F)c1. The Hall–Kier alpha value is -3.04. The quantitative estimate of drug-likeness (QED) is 0.522. The Kier molecular flexibility index (Phi) is 7.10. The Bertz CT molecular complexity index is 1200. The minimum Gasteiger partial charge on any atom is -0.350 e. The van der Waals surface area contributed by atoms with Crippen LogP contribution in [-0.4, -0.2) is 20.9 Å². The van der Waals surface area contributed by atoms with Crippen molar-refractivity contribution in [2.24, 2.45) is 0 Å². The fraction of sp³-hybridized carbons (Fsp3) is 0.136. The molecule has 0 unspecified atom stereocenters. The van der Waals surface area contributed by atoms with Gasteiger partial charge in [-0.05, 0) is 42.0 Å². The number of nitrogens with one attached hydrogen (secondary N) is 1. The molecule has 168 valence electrons. The molecule has 0 saturated carbocycles. The van der Waals surface area contributed by atoms with Gasteiger partial charge >= 0.3 is 6.18 Å². The molecule has 3 rings (SSSR count). The number of amides is 1. The van der Waals surface area contributed by atoms with Crippen LogP contribution in [0.1, 0.15) is 11.1 Å². The smallest absolute Gasteiger partial charge is 0.350 e. The molecule has 0 spiro atoms. The van der Waals surface area contributed by atoms with Crippen molar-refractivity contribution in [2.45, 2.75) is 17.6 Å². The van der Waals surface area contributed by atoms with Gasteiger partial charge in [0, 0.05) is 6.54 Å². The summed E-state index contributed by atoms with van der Waals surface area (Å²) in [7, 11) is -4.14. The maximum Gasteiger partial charge on any atom is 0.416 e. The summed E-state index contributed by atoms with van der Waals surface area (Å²) in [6.07, 6.45) is -4.51. The van der Waals surface area contributed by atoms with Gasteiger partial charge in [-0.3, -0.25) is 9.10 Å². The lowest BCUT2D eigenvalue weighted by Crippen LogP contribution is -2.40. The molecule has 0 aliphatic heterocycles. The van der Waals surface area contributed by atoms with E-state index in [9.17, 15) is 26.4 Å². The van der Waals surface area contributed by atoms with Gasteiger partial charge in [-0.25, -0.2) is 8.42 Å². The summed E-state index contributed by atoms with van der Waals surface area (Å²) in [4.78, 5) is 12.6. The fourth-order valence-corrected chi connectivity index (χ4v) is 4.67. The number of rotatable bonds is 7. The zero-order valence-electron chi connectivity index (χ0n) is 16.5. The summed E-state index contributed by atoms with van der Waals surface area (Å²) < 4.78 is 65.9. The average Bonchev–Trinajstić information content (AvgIpc) is 2.77. The molecule has 0 saturated heterocycles. The van der Waals surface area contributed by atoms with E-state index < -0.39 is 34.2 Å². The van der Waals surface area contributed by atoms with Gasteiger partial charge in [-0.2, -0.15) is 13.2 Å². The second-order valence-electron chi connectivity index (χ2n) is 6.75. The first kappa shape index (κ1) is 23.6. The van der Waals surface area contributed by atoms with E-state index in [0.717, 1.165) is 16.4 Å². The predicted molar refractivity (Wildman–Crippen MR) is 116 cm³/mol. The average molecular weight is 483 g/mol. The van der Waals surface area contributed by atoms with Crippen LogP contribution in [0.25, 0.3) is 0 Å². The zero-order valence-corrected chi connectivity index (χ0v) is 18.1. The highest BCUT2D eigenvalue weighted by molar-refractivity contribution is 7.92. The third-order valence-corrected chi connectivity index (χ3v) is 6.58. The van der Waals surface area contributed by atoms with Crippen LogP contribution in [0.15, 0.2) is 83.8 Å². The van der Waals surface area contributed by atoms with Crippen LogP contribution in [0.4, 0.5) is 18.9 Å². The van der Waals surface area contributed by atoms with Gasteiger partial charge in [0.1, 0.15) is 6.54 Å². The summed E-state index contributed by atoms with van der Waals surface area (Å²) in [5, 5.41) is 2.59. The van der Waals surface area contributed by atoms with Crippen molar-refractivity contribution >= 4 is 33.2 Å². The first-order valence-electron chi connectivity index (χ1n) is 9.34. The Morgan fingerprint density at radius 1 is 0.938 bits per heavy atom. The summed E-state index contributed by atoms with van der Waals surface area (Å²) in [6, 6.07) is 18.2. The van der Waals surface area contributed by atoms with Crippen LogP contribution in [0.2, 0.25) is 5.02 Å². The van der Waals surface area contributed by atoms with Crippen molar-refractivity contribution < 1.29 is 26.4 Å². The Morgan fingerprint density at radius 3 is 2.25 bits per heavy atom. The zero-order chi connectivity index (χ0) is 23.4. The molecule has 1 amide bonds. The number of hydrogen-bond acceptors (Lipinski definition) is 3. The first-order chi connectivity index (χ1) is 15.1. The summed E-state index contributed by atoms with van der Waals surface area (Å²) in [6.45, 7) is -0.815. The van der Waals surface area contributed by atoms with E-state index in [0.29, 0.717) is 0 Å². The molecule has 0 fully saturated rings. The minimum atomic E-state index is -4.51. The van der Waals surface area contributed by atoms with E-state index >= 15 is 0 Å². The number of carbonyl (C=O) groups is 1. The van der Waals surface area contributed by atoms with E-state index in [1.165, 1.54) is 36.4 Å². The number of benzene rings is 3. The number of hydrogen-bond donors (Lipinski definition) is 1. The molecule has 10 heteroatoms. The van der Waals surface area contributed by atoms with Gasteiger partial charge in [0.2, 0.25) is 5.91 Å². The van der Waals surface area contributed by atoms with Crippen molar-refractivity contribution in [2.75, 3.05) is 10.8 Å². The van der Waals surface area contributed by atoms with Gasteiger partial charge in [-0.15, -0.1) is 0 Å². The predicted octanol–water partition coefficient (Wildman–Crippen LogP) is 4.87. The fourth-order valence-electron chi connectivity index (χ4n) is 2.92. The molecule has 0 aliphatic carbocycles. The van der Waals surface area contributed by atoms with Gasteiger partial charge in [0.05, 0.1) is 21.2 Å². The van der Waals surface area contributed by atoms with E-state index in [1.54, 1.807) is 30.3 Å². The third kappa shape index (κ3) is 5.60. The molecule has 32 heavy (non-hydrogen) atoms. The van der Waals surface area contributed by atoms with Crippen LogP contribution < -0.4 is 9.62 Å². The van der Waals surface area contributed by atoms with Crippen molar-refractivity contribution in [1.82, 2.24) is 5.32 Å². The number of alkyl halides is 3. The monoisotopic (exact) mass is 482 g/mol. The number of carbonyl (C=O) groups excluding carboxylic acids is 1. The maximum absolute atomic E-state index is 13.2. The molecule has 3 aromatic rings. The van der Waals surface area contributed by atoms with Crippen molar-refractivity contribution in [3.05, 3.63) is 95.0 Å². The lowest BCUT2D eigenvalue weighted by molar-refractivity contribution is -0.137. The number of sulfonamides is 1. The lowest BCUT2D eigenvalue weighted by atomic mass is 10.1. The molecule has 0 atom stereocenters. The van der Waals surface area contributed by atoms with Crippen LogP contribution >= 0.6 is 11.6 Å².